The number of carbonyl (C=O) groups excluding carboxylic acids is 1. The van der Waals surface area contributed by atoms with E-state index < -0.39 is 18.3 Å². The number of nitrogens with one attached hydrogen (secondary N) is 2. The Bertz CT molecular complexity index is 1410. The summed E-state index contributed by atoms with van der Waals surface area (Å²) in [6.07, 6.45) is -0.237. The van der Waals surface area contributed by atoms with E-state index in [1.54, 1.807) is 24.4 Å². The molecule has 2 fully saturated rings. The van der Waals surface area contributed by atoms with Crippen LogP contribution in [0.4, 0.5) is 20.8 Å². The Hall–Kier alpha value is -4.08. The van der Waals surface area contributed by atoms with E-state index in [9.17, 15) is 9.18 Å². The van der Waals surface area contributed by atoms with Crippen molar-refractivity contribution < 1.29 is 23.4 Å². The topological polar surface area (TPSA) is 94.6 Å². The van der Waals surface area contributed by atoms with Crippen LogP contribution < -0.4 is 10.6 Å². The molecule has 1 amide bonds. The number of nitrogens with zero attached hydrogens (tertiary/aromatic N) is 2. The summed E-state index contributed by atoms with van der Waals surface area (Å²) < 4.78 is 31.1. The van der Waals surface area contributed by atoms with Gasteiger partial charge >= 0.3 is 6.09 Å². The van der Waals surface area contributed by atoms with Gasteiger partial charge in [0.25, 0.3) is 0 Å². The summed E-state index contributed by atoms with van der Waals surface area (Å²) >= 11 is 0. The Morgan fingerprint density at radius 2 is 1.81 bits per heavy atom. The van der Waals surface area contributed by atoms with Gasteiger partial charge in [-0.15, -0.1) is 0 Å². The molecular formula is C27H23FN4O4. The number of ether oxygens (including phenoxy) is 3. The number of halogens is 1. The summed E-state index contributed by atoms with van der Waals surface area (Å²) in [5.74, 6) is 0.0511. The van der Waals surface area contributed by atoms with Crippen LogP contribution in [0.3, 0.4) is 0 Å². The lowest BCUT2D eigenvalue weighted by Gasteiger charge is -2.18. The number of rotatable bonds is 5. The number of aromatic nitrogens is 2. The molecule has 8 nitrogen and oxygen atoms in total. The fourth-order valence-corrected chi connectivity index (χ4v) is 4.70. The molecule has 4 atom stereocenters. The monoisotopic (exact) mass is 486 g/mol. The first-order valence-electron chi connectivity index (χ1n) is 11.7. The number of hydrogen-bond donors (Lipinski definition) is 2. The molecule has 4 aromatic rings. The average molecular weight is 487 g/mol. The number of fused-ring (bicyclic) bond motifs is 2. The third-order valence-corrected chi connectivity index (χ3v) is 6.38. The van der Waals surface area contributed by atoms with Crippen LogP contribution >= 0.6 is 0 Å². The molecule has 2 N–H and O–H groups in total. The van der Waals surface area contributed by atoms with Crippen LogP contribution in [-0.2, 0) is 14.2 Å². The Morgan fingerprint density at radius 1 is 0.972 bits per heavy atom. The Balaban J connectivity index is 1.09. The summed E-state index contributed by atoms with van der Waals surface area (Å²) in [6.45, 7) is 0.564. The number of benzene rings is 3. The number of amides is 1. The smallest absolute Gasteiger partial charge is 0.412 e. The maximum Gasteiger partial charge on any atom is 0.412 e. The minimum atomic E-state index is -0.563. The number of anilines is 2. The highest BCUT2D eigenvalue weighted by Gasteiger charge is 2.49. The van der Waals surface area contributed by atoms with Crippen LogP contribution in [0, 0.1) is 5.82 Å². The number of carbonyl (C=O) groups is 1. The van der Waals surface area contributed by atoms with Crippen molar-refractivity contribution in [3.8, 4) is 11.3 Å². The summed E-state index contributed by atoms with van der Waals surface area (Å²) in [5, 5.41) is 8.04. The first kappa shape index (κ1) is 22.4. The molecule has 4 unspecified atom stereocenters. The van der Waals surface area contributed by atoms with Crippen molar-refractivity contribution in [2.45, 2.75) is 24.4 Å². The molecule has 0 radical (unpaired) electrons. The van der Waals surface area contributed by atoms with E-state index >= 15 is 0 Å². The maximum atomic E-state index is 13.6. The van der Waals surface area contributed by atoms with Gasteiger partial charge in [-0.05, 0) is 29.7 Å². The van der Waals surface area contributed by atoms with E-state index in [0.29, 0.717) is 29.5 Å². The lowest BCUT2D eigenvalue weighted by atomic mass is 10.1. The fraction of sp³-hybridized carbons (Fsp3) is 0.222. The van der Waals surface area contributed by atoms with Gasteiger partial charge in [-0.3, -0.25) is 5.32 Å². The van der Waals surface area contributed by atoms with E-state index in [2.05, 4.69) is 20.6 Å². The normalized spacial score (nSPS) is 22.8. The van der Waals surface area contributed by atoms with Crippen LogP contribution in [-0.4, -0.2) is 53.6 Å². The van der Waals surface area contributed by atoms with Gasteiger partial charge in [-0.2, -0.15) is 0 Å². The van der Waals surface area contributed by atoms with Gasteiger partial charge in [0.1, 0.15) is 18.0 Å². The van der Waals surface area contributed by atoms with E-state index in [1.165, 1.54) is 12.1 Å². The van der Waals surface area contributed by atoms with E-state index in [4.69, 9.17) is 14.2 Å². The Kier molecular flexibility index (Phi) is 5.92. The first-order valence-corrected chi connectivity index (χ1v) is 11.7. The molecule has 6 rings (SSSR count). The second-order valence-electron chi connectivity index (χ2n) is 8.72. The summed E-state index contributed by atoms with van der Waals surface area (Å²) in [4.78, 5) is 21.4. The molecular weight excluding hydrogens is 463 g/mol. The van der Waals surface area contributed by atoms with Gasteiger partial charge in [0.05, 0.1) is 30.6 Å². The molecule has 3 aromatic carbocycles. The average Bonchev–Trinajstić information content (AvgIpc) is 3.48. The molecule has 2 saturated heterocycles. The van der Waals surface area contributed by atoms with Gasteiger partial charge in [-0.1, -0.05) is 48.5 Å². The van der Waals surface area contributed by atoms with Crippen LogP contribution in [0.15, 0.2) is 79.0 Å². The Labute approximate surface area is 206 Å². The third-order valence-electron chi connectivity index (χ3n) is 6.38. The summed E-state index contributed by atoms with van der Waals surface area (Å²) in [6, 6.07) is 21.2. The predicted octanol–water partition coefficient (Wildman–Crippen LogP) is 4.63. The maximum absolute atomic E-state index is 13.6. The second-order valence-corrected chi connectivity index (χ2v) is 8.72. The zero-order valence-corrected chi connectivity index (χ0v) is 19.1. The quantitative estimate of drug-likeness (QED) is 0.425. The molecule has 2 aliphatic heterocycles. The van der Waals surface area contributed by atoms with Crippen LogP contribution in [0.25, 0.3) is 22.0 Å². The zero-order valence-electron chi connectivity index (χ0n) is 19.1. The highest BCUT2D eigenvalue weighted by atomic mass is 19.1. The summed E-state index contributed by atoms with van der Waals surface area (Å²) in [7, 11) is 0. The van der Waals surface area contributed by atoms with Crippen molar-refractivity contribution in [2.75, 3.05) is 23.8 Å². The highest BCUT2D eigenvalue weighted by Crippen LogP contribution is 2.31. The largest absolute Gasteiger partial charge is 0.441 e. The molecule has 3 heterocycles. The minimum absolute atomic E-state index is 0.223. The molecule has 0 spiro atoms. The lowest BCUT2D eigenvalue weighted by molar-refractivity contribution is 0.00917. The van der Waals surface area contributed by atoms with Crippen molar-refractivity contribution in [2.24, 2.45) is 0 Å². The van der Waals surface area contributed by atoms with Crippen LogP contribution in [0.2, 0.25) is 0 Å². The van der Waals surface area contributed by atoms with Gasteiger partial charge in [0.15, 0.2) is 6.10 Å². The van der Waals surface area contributed by atoms with E-state index in [-0.39, 0.29) is 24.6 Å². The SMILES string of the molecule is O=C(Nc1cccc2ccccc12)OC1COC2C(Nc3nccc(-c4cccc(F)c4)n3)COC12. The van der Waals surface area contributed by atoms with Crippen molar-refractivity contribution in [3.63, 3.8) is 0 Å². The van der Waals surface area contributed by atoms with Gasteiger partial charge < -0.3 is 19.5 Å². The summed E-state index contributed by atoms with van der Waals surface area (Å²) in [5.41, 5.74) is 1.93. The standard InChI is InChI=1S/C27H23FN4O4/c28-18-8-3-7-17(13-18)20-11-12-29-26(30-20)31-22-14-34-25-23(15-35-24(22)25)36-27(33)32-21-10-4-6-16-5-1-2-9-19(16)21/h1-13,22-25H,14-15H2,(H,32,33)(H,29,30,31). The molecule has 9 heteroatoms. The highest BCUT2D eigenvalue weighted by molar-refractivity contribution is 6.00. The zero-order chi connectivity index (χ0) is 24.5. The van der Waals surface area contributed by atoms with Crippen molar-refractivity contribution in [1.29, 1.82) is 0 Å². The first-order chi connectivity index (χ1) is 17.6. The molecule has 36 heavy (non-hydrogen) atoms. The van der Waals surface area contributed by atoms with Crippen molar-refractivity contribution >= 4 is 28.5 Å². The molecule has 0 aliphatic carbocycles. The second kappa shape index (κ2) is 9.52. The van der Waals surface area contributed by atoms with Crippen LogP contribution in [0.5, 0.6) is 0 Å². The van der Waals surface area contributed by atoms with Gasteiger partial charge in [0, 0.05) is 17.1 Å². The number of hydrogen-bond acceptors (Lipinski definition) is 7. The molecule has 0 bridgehead atoms. The molecule has 0 saturated carbocycles. The lowest BCUT2D eigenvalue weighted by Crippen LogP contribution is -2.38. The third kappa shape index (κ3) is 4.46. The van der Waals surface area contributed by atoms with Crippen LogP contribution in [0.1, 0.15) is 0 Å². The van der Waals surface area contributed by atoms with Gasteiger partial charge in [0.2, 0.25) is 5.95 Å². The van der Waals surface area contributed by atoms with E-state index in [1.807, 2.05) is 42.5 Å². The van der Waals surface area contributed by atoms with E-state index in [0.717, 1.165) is 10.8 Å². The molecule has 2 aliphatic rings. The molecule has 1 aromatic heterocycles. The Morgan fingerprint density at radius 3 is 2.72 bits per heavy atom. The van der Waals surface area contributed by atoms with Crippen molar-refractivity contribution in [3.05, 3.63) is 84.8 Å². The van der Waals surface area contributed by atoms with Gasteiger partial charge in [-0.25, -0.2) is 19.2 Å². The fourth-order valence-electron chi connectivity index (χ4n) is 4.70. The predicted molar refractivity (Wildman–Crippen MR) is 132 cm³/mol. The minimum Gasteiger partial charge on any atom is -0.441 e. The molecule has 182 valence electrons. The van der Waals surface area contributed by atoms with Crippen molar-refractivity contribution in [1.82, 2.24) is 9.97 Å².